The second-order valence-electron chi connectivity index (χ2n) is 10.4. The van der Waals surface area contributed by atoms with Crippen LogP contribution in [0.3, 0.4) is 0 Å². The zero-order valence-corrected chi connectivity index (χ0v) is 24.2. The Bertz CT molecular complexity index is 1180. The number of rotatable bonds is 5. The van der Waals surface area contributed by atoms with Gasteiger partial charge in [-0.05, 0) is 118 Å². The van der Waals surface area contributed by atoms with Crippen molar-refractivity contribution >= 4 is 59.9 Å². The summed E-state index contributed by atoms with van der Waals surface area (Å²) in [5.74, 6) is 2.12. The molecule has 5 atom stereocenters. The predicted molar refractivity (Wildman–Crippen MR) is 146 cm³/mol. The number of nitrogens with one attached hydrogen (secondary N) is 1. The fraction of sp³-hybridized carbons (Fsp3) is 0.577. The third-order valence-electron chi connectivity index (χ3n) is 8.58. The van der Waals surface area contributed by atoms with E-state index in [1.54, 1.807) is 13.3 Å². The third-order valence-corrected chi connectivity index (χ3v) is 10.9. The van der Waals surface area contributed by atoms with Gasteiger partial charge in [0.05, 0.1) is 14.7 Å². The Labute approximate surface area is 227 Å². The summed E-state index contributed by atoms with van der Waals surface area (Å²) in [5, 5.41) is 18.6. The number of aromatic hydroxyl groups is 1. The SMILES string of the molecule is CO/N=C1\C[C@@H](CCC(=O)Nc2ncc(C)s2)C2C3CCc4c(cc(Br)c(O)c4Br)C3CC[C@]12C. The number of phenols is 1. The minimum absolute atomic E-state index is 0.00632. The highest BCUT2D eigenvalue weighted by Gasteiger charge is 2.57. The minimum Gasteiger partial charge on any atom is -0.506 e. The molecule has 1 aromatic carbocycles. The summed E-state index contributed by atoms with van der Waals surface area (Å²) < 4.78 is 1.57. The molecule has 3 aliphatic rings. The van der Waals surface area contributed by atoms with Crippen molar-refractivity contribution in [2.45, 2.75) is 64.7 Å². The van der Waals surface area contributed by atoms with E-state index in [4.69, 9.17) is 4.84 Å². The number of anilines is 1. The first-order valence-electron chi connectivity index (χ1n) is 12.3. The number of nitrogens with zero attached hydrogens (tertiary/aromatic N) is 2. The van der Waals surface area contributed by atoms with Gasteiger partial charge in [-0.15, -0.1) is 11.3 Å². The molecule has 9 heteroatoms. The molecule has 0 aliphatic heterocycles. The first-order chi connectivity index (χ1) is 16.7. The average Bonchev–Trinajstić information content (AvgIpc) is 3.36. The van der Waals surface area contributed by atoms with E-state index >= 15 is 0 Å². The van der Waals surface area contributed by atoms with E-state index in [1.807, 2.05) is 6.92 Å². The number of thiazole rings is 1. The third kappa shape index (κ3) is 4.46. The van der Waals surface area contributed by atoms with Crippen LogP contribution in [0.25, 0.3) is 0 Å². The molecule has 2 N–H and O–H groups in total. The van der Waals surface area contributed by atoms with Gasteiger partial charge in [0, 0.05) is 22.9 Å². The van der Waals surface area contributed by atoms with Crippen molar-refractivity contribution in [2.75, 3.05) is 12.4 Å². The fourth-order valence-electron chi connectivity index (χ4n) is 7.15. The maximum absolute atomic E-state index is 12.7. The number of hydrogen-bond acceptors (Lipinski definition) is 6. The summed E-state index contributed by atoms with van der Waals surface area (Å²) in [6, 6.07) is 2.13. The Kier molecular flexibility index (Phi) is 7.05. The normalized spacial score (nSPS) is 30.5. The number of carbonyl (C=O) groups excluding carboxylic acids is 1. The highest BCUT2D eigenvalue weighted by Crippen LogP contribution is 2.63. The number of oxime groups is 1. The molecule has 3 aliphatic carbocycles. The van der Waals surface area contributed by atoms with Crippen LogP contribution in [0, 0.1) is 30.1 Å². The van der Waals surface area contributed by atoms with Crippen molar-refractivity contribution in [3.8, 4) is 5.75 Å². The van der Waals surface area contributed by atoms with Gasteiger partial charge in [-0.3, -0.25) is 4.79 Å². The average molecular weight is 625 g/mol. The molecule has 5 rings (SSSR count). The van der Waals surface area contributed by atoms with Crippen molar-refractivity contribution in [2.24, 2.45) is 28.3 Å². The molecule has 0 saturated heterocycles. The Balaban J connectivity index is 1.41. The molecule has 35 heavy (non-hydrogen) atoms. The number of fused-ring (bicyclic) bond motifs is 5. The molecule has 3 unspecified atom stereocenters. The van der Waals surface area contributed by atoms with E-state index in [0.29, 0.717) is 35.2 Å². The molecule has 0 radical (unpaired) electrons. The van der Waals surface area contributed by atoms with Crippen molar-refractivity contribution in [3.05, 3.63) is 37.2 Å². The zero-order chi connectivity index (χ0) is 24.9. The standard InChI is InChI=1S/C26H31Br2N3O3S/c1-13-12-29-25(35-13)30-21(32)7-4-14-10-20(31-34-3)26(2)9-8-15-16(22(14)26)5-6-17-18(15)11-19(27)24(33)23(17)28/h11-12,14-16,22,33H,4-10H2,1-3H3,(H,29,30,32)/b31-20+/t14-,15?,16?,22?,26-/m1/s1. The summed E-state index contributed by atoms with van der Waals surface area (Å²) in [6.07, 6.45) is 8.16. The van der Waals surface area contributed by atoms with Gasteiger partial charge in [-0.2, -0.15) is 0 Å². The van der Waals surface area contributed by atoms with Crippen LogP contribution in [-0.2, 0) is 16.1 Å². The van der Waals surface area contributed by atoms with Crippen LogP contribution in [-0.4, -0.2) is 28.8 Å². The summed E-state index contributed by atoms with van der Waals surface area (Å²) in [4.78, 5) is 23.4. The number of carbonyl (C=O) groups is 1. The summed E-state index contributed by atoms with van der Waals surface area (Å²) in [6.45, 7) is 4.35. The molecule has 6 nitrogen and oxygen atoms in total. The lowest BCUT2D eigenvalue weighted by Crippen LogP contribution is -2.44. The van der Waals surface area contributed by atoms with E-state index < -0.39 is 0 Å². The van der Waals surface area contributed by atoms with Gasteiger partial charge in [0.2, 0.25) is 5.91 Å². The molecule has 2 saturated carbocycles. The Morgan fingerprint density at radius 2 is 2.20 bits per heavy atom. The fourth-order valence-corrected chi connectivity index (χ4v) is 9.18. The van der Waals surface area contributed by atoms with Crippen LogP contribution < -0.4 is 5.32 Å². The number of hydrogen-bond donors (Lipinski definition) is 2. The molecule has 2 fully saturated rings. The molecular weight excluding hydrogens is 594 g/mol. The van der Waals surface area contributed by atoms with Crippen LogP contribution in [0.5, 0.6) is 5.75 Å². The summed E-state index contributed by atoms with van der Waals surface area (Å²) in [7, 11) is 1.63. The molecule has 1 aromatic heterocycles. The van der Waals surface area contributed by atoms with Crippen LogP contribution in [0.4, 0.5) is 5.13 Å². The lowest BCUT2D eigenvalue weighted by Gasteiger charge is -2.50. The van der Waals surface area contributed by atoms with Crippen LogP contribution in [0.15, 0.2) is 26.4 Å². The second kappa shape index (κ2) is 9.78. The number of halogens is 2. The minimum atomic E-state index is -0.00632. The molecule has 1 amide bonds. The number of benzene rings is 1. The lowest BCUT2D eigenvalue weighted by molar-refractivity contribution is -0.116. The van der Waals surface area contributed by atoms with Crippen LogP contribution in [0.1, 0.15) is 67.4 Å². The largest absolute Gasteiger partial charge is 0.506 e. The second-order valence-corrected chi connectivity index (χ2v) is 13.3. The first kappa shape index (κ1) is 25.2. The van der Waals surface area contributed by atoms with Crippen molar-refractivity contribution in [1.29, 1.82) is 0 Å². The van der Waals surface area contributed by atoms with Crippen molar-refractivity contribution < 1.29 is 14.7 Å². The van der Waals surface area contributed by atoms with E-state index in [2.05, 4.69) is 60.3 Å². The van der Waals surface area contributed by atoms with E-state index in [9.17, 15) is 9.90 Å². The van der Waals surface area contributed by atoms with Gasteiger partial charge >= 0.3 is 0 Å². The molecule has 188 valence electrons. The van der Waals surface area contributed by atoms with E-state index in [1.165, 1.54) is 22.5 Å². The Hall–Kier alpha value is -1.45. The van der Waals surface area contributed by atoms with Crippen LogP contribution >= 0.6 is 43.2 Å². The number of phenolic OH excluding ortho intramolecular Hbond substituents is 1. The number of aromatic nitrogens is 1. The molecule has 2 aromatic rings. The van der Waals surface area contributed by atoms with Crippen molar-refractivity contribution in [3.63, 3.8) is 0 Å². The maximum atomic E-state index is 12.7. The molecular formula is C26H31Br2N3O3S. The van der Waals surface area contributed by atoms with E-state index in [0.717, 1.165) is 58.1 Å². The number of aryl methyl sites for hydroxylation is 1. The van der Waals surface area contributed by atoms with Gasteiger partial charge in [0.15, 0.2) is 5.13 Å². The molecule has 0 spiro atoms. The van der Waals surface area contributed by atoms with Crippen LogP contribution in [0.2, 0.25) is 0 Å². The Morgan fingerprint density at radius 1 is 1.40 bits per heavy atom. The lowest BCUT2D eigenvalue weighted by atomic mass is 9.54. The van der Waals surface area contributed by atoms with Crippen molar-refractivity contribution in [1.82, 2.24) is 4.98 Å². The first-order valence-corrected chi connectivity index (χ1v) is 14.7. The van der Waals surface area contributed by atoms with E-state index in [-0.39, 0.29) is 17.1 Å². The van der Waals surface area contributed by atoms with Gasteiger partial charge in [-0.1, -0.05) is 12.1 Å². The monoisotopic (exact) mass is 623 g/mol. The Morgan fingerprint density at radius 3 is 2.91 bits per heavy atom. The van der Waals surface area contributed by atoms with Gasteiger partial charge in [0.25, 0.3) is 0 Å². The zero-order valence-electron chi connectivity index (χ0n) is 20.2. The maximum Gasteiger partial charge on any atom is 0.226 e. The highest BCUT2D eigenvalue weighted by molar-refractivity contribution is 9.11. The molecule has 0 bridgehead atoms. The van der Waals surface area contributed by atoms with Gasteiger partial charge in [-0.25, -0.2) is 4.98 Å². The quantitative estimate of drug-likeness (QED) is 0.345. The smallest absolute Gasteiger partial charge is 0.226 e. The molecule has 1 heterocycles. The van der Waals surface area contributed by atoms with Gasteiger partial charge in [0.1, 0.15) is 12.9 Å². The predicted octanol–water partition coefficient (Wildman–Crippen LogP) is 7.19. The number of amides is 1. The highest BCUT2D eigenvalue weighted by atomic mass is 79.9. The van der Waals surface area contributed by atoms with Gasteiger partial charge < -0.3 is 15.3 Å². The topological polar surface area (TPSA) is 83.8 Å². The summed E-state index contributed by atoms with van der Waals surface area (Å²) >= 11 is 8.71. The summed E-state index contributed by atoms with van der Waals surface area (Å²) in [5.41, 5.74) is 3.75.